The van der Waals surface area contributed by atoms with Gasteiger partial charge in [0.25, 0.3) is 0 Å². The molecule has 2 rings (SSSR count). The first-order valence-electron chi connectivity index (χ1n) is 5.85. The molecule has 0 aromatic carbocycles. The van der Waals surface area contributed by atoms with Gasteiger partial charge in [-0.25, -0.2) is 0 Å². The minimum Gasteiger partial charge on any atom is -0.370 e. The molecule has 0 spiro atoms. The summed E-state index contributed by atoms with van der Waals surface area (Å²) < 4.78 is 7.51. The predicted molar refractivity (Wildman–Crippen MR) is 65.6 cm³/mol. The Morgan fingerprint density at radius 1 is 1.71 bits per heavy atom. The number of morpholine rings is 1. The molecule has 1 atom stereocenters. The summed E-state index contributed by atoms with van der Waals surface area (Å²) in [4.78, 5) is 6.29. The van der Waals surface area contributed by atoms with Gasteiger partial charge in [-0.2, -0.15) is 5.10 Å². The minimum absolute atomic E-state index is 0.0306. The van der Waals surface area contributed by atoms with Crippen LogP contribution < -0.4 is 5.73 Å². The van der Waals surface area contributed by atoms with Crippen molar-refractivity contribution in [1.82, 2.24) is 14.7 Å². The van der Waals surface area contributed by atoms with Gasteiger partial charge in [-0.1, -0.05) is 0 Å². The van der Waals surface area contributed by atoms with Crippen LogP contribution in [-0.2, 0) is 11.8 Å². The Morgan fingerprint density at radius 2 is 2.53 bits per heavy atom. The maximum Gasteiger partial charge on any atom is 0.191 e. The van der Waals surface area contributed by atoms with Crippen LogP contribution in [0.3, 0.4) is 0 Å². The van der Waals surface area contributed by atoms with Crippen LogP contribution in [0.15, 0.2) is 17.4 Å². The smallest absolute Gasteiger partial charge is 0.191 e. The number of aliphatic imine (C=N–C) groups is 1. The van der Waals surface area contributed by atoms with Crippen molar-refractivity contribution in [2.24, 2.45) is 17.8 Å². The lowest BCUT2D eigenvalue weighted by Crippen LogP contribution is -2.46. The zero-order valence-electron chi connectivity index (χ0n) is 10.3. The lowest BCUT2D eigenvalue weighted by molar-refractivity contribution is -0.00737. The molecule has 0 bridgehead atoms. The molecule has 0 radical (unpaired) electrons. The summed E-state index contributed by atoms with van der Waals surface area (Å²) in [7, 11) is 1.90. The lowest BCUT2D eigenvalue weighted by Gasteiger charge is -2.33. The first-order chi connectivity index (χ1) is 8.20. The second-order valence-electron chi connectivity index (χ2n) is 4.09. The average Bonchev–Trinajstić information content (AvgIpc) is 2.76. The zero-order valence-corrected chi connectivity index (χ0v) is 10.3. The summed E-state index contributed by atoms with van der Waals surface area (Å²) in [5.74, 6) is 0.602. The monoisotopic (exact) mass is 237 g/mol. The number of hydrogen-bond acceptors (Lipinski definition) is 3. The number of rotatable bonds is 2. The summed E-state index contributed by atoms with van der Waals surface area (Å²) >= 11 is 0. The fourth-order valence-corrected chi connectivity index (χ4v) is 1.93. The highest BCUT2D eigenvalue weighted by Gasteiger charge is 2.23. The molecule has 2 N–H and O–H groups in total. The number of nitrogens with zero attached hydrogens (tertiary/aromatic N) is 4. The Morgan fingerprint density at radius 3 is 3.18 bits per heavy atom. The van der Waals surface area contributed by atoms with E-state index in [1.165, 1.54) is 0 Å². The van der Waals surface area contributed by atoms with E-state index in [2.05, 4.69) is 15.0 Å². The first-order valence-corrected chi connectivity index (χ1v) is 5.85. The lowest BCUT2D eigenvalue weighted by atomic mass is 10.1. The fourth-order valence-electron chi connectivity index (χ4n) is 1.93. The Bertz CT molecular complexity index is 400. The van der Waals surface area contributed by atoms with E-state index >= 15 is 0 Å². The second kappa shape index (κ2) is 5.18. The zero-order chi connectivity index (χ0) is 12.3. The third-order valence-corrected chi connectivity index (χ3v) is 2.81. The van der Waals surface area contributed by atoms with Crippen molar-refractivity contribution in [3.05, 3.63) is 18.0 Å². The molecule has 6 heteroatoms. The third-order valence-electron chi connectivity index (χ3n) is 2.81. The largest absolute Gasteiger partial charge is 0.370 e. The molecule has 1 aromatic rings. The van der Waals surface area contributed by atoms with Crippen LogP contribution in [0.4, 0.5) is 0 Å². The van der Waals surface area contributed by atoms with Crippen LogP contribution in [0, 0.1) is 0 Å². The molecular formula is C11H19N5O. The maximum absolute atomic E-state index is 5.90. The topological polar surface area (TPSA) is 68.7 Å². The van der Waals surface area contributed by atoms with Gasteiger partial charge in [0.2, 0.25) is 0 Å². The standard InChI is InChI=1S/C11H19N5O/c1-3-13-11(12)16-4-5-17-10(8-16)9-6-14-15(2)7-9/h6-7,10H,3-5,8H2,1-2H3,(H2,12,13). The summed E-state index contributed by atoms with van der Waals surface area (Å²) in [6.45, 7) is 4.89. The first kappa shape index (κ1) is 11.9. The Kier molecular flexibility index (Phi) is 3.63. The number of hydrogen-bond donors (Lipinski definition) is 1. The SMILES string of the molecule is CCN=C(N)N1CCOC(c2cnn(C)c2)C1. The van der Waals surface area contributed by atoms with Crippen molar-refractivity contribution in [3.63, 3.8) is 0 Å². The van der Waals surface area contributed by atoms with Crippen LogP contribution in [-0.4, -0.2) is 46.9 Å². The molecule has 0 amide bonds. The van der Waals surface area contributed by atoms with Crippen LogP contribution in [0.1, 0.15) is 18.6 Å². The summed E-state index contributed by atoms with van der Waals surface area (Å²) in [5, 5.41) is 4.15. The quantitative estimate of drug-likeness (QED) is 0.586. The molecule has 0 aliphatic carbocycles. The van der Waals surface area contributed by atoms with E-state index in [0.717, 1.165) is 18.7 Å². The summed E-state index contributed by atoms with van der Waals surface area (Å²) in [6, 6.07) is 0. The normalized spacial score (nSPS) is 21.9. The number of aryl methyl sites for hydroxylation is 1. The Balaban J connectivity index is 2.04. The van der Waals surface area contributed by atoms with Gasteiger partial charge < -0.3 is 15.4 Å². The van der Waals surface area contributed by atoms with Crippen LogP contribution >= 0.6 is 0 Å². The Hall–Kier alpha value is -1.56. The molecule has 1 unspecified atom stereocenters. The third kappa shape index (κ3) is 2.76. The van der Waals surface area contributed by atoms with E-state index in [1.54, 1.807) is 4.68 Å². The molecule has 17 heavy (non-hydrogen) atoms. The molecule has 1 aliphatic heterocycles. The maximum atomic E-state index is 5.90. The van der Waals surface area contributed by atoms with Crippen molar-refractivity contribution < 1.29 is 4.74 Å². The Labute approximate surface area is 101 Å². The van der Waals surface area contributed by atoms with Crippen molar-refractivity contribution in [2.75, 3.05) is 26.2 Å². The van der Waals surface area contributed by atoms with Crippen molar-refractivity contribution in [2.45, 2.75) is 13.0 Å². The van der Waals surface area contributed by atoms with Crippen molar-refractivity contribution >= 4 is 5.96 Å². The van der Waals surface area contributed by atoms with E-state index in [4.69, 9.17) is 10.5 Å². The average molecular weight is 237 g/mol. The molecule has 1 fully saturated rings. The molecule has 2 heterocycles. The van der Waals surface area contributed by atoms with Gasteiger partial charge in [0.15, 0.2) is 5.96 Å². The molecule has 6 nitrogen and oxygen atoms in total. The van der Waals surface area contributed by atoms with E-state index in [1.807, 2.05) is 26.4 Å². The van der Waals surface area contributed by atoms with Crippen LogP contribution in [0.25, 0.3) is 0 Å². The van der Waals surface area contributed by atoms with Crippen molar-refractivity contribution in [1.29, 1.82) is 0 Å². The highest BCUT2D eigenvalue weighted by Crippen LogP contribution is 2.21. The minimum atomic E-state index is 0.0306. The van der Waals surface area contributed by atoms with Gasteiger partial charge in [-0.15, -0.1) is 0 Å². The van der Waals surface area contributed by atoms with Crippen LogP contribution in [0.5, 0.6) is 0 Å². The number of nitrogens with two attached hydrogens (primary N) is 1. The van der Waals surface area contributed by atoms with E-state index in [9.17, 15) is 0 Å². The van der Waals surface area contributed by atoms with Crippen LogP contribution in [0.2, 0.25) is 0 Å². The molecular weight excluding hydrogens is 218 g/mol. The van der Waals surface area contributed by atoms with Gasteiger partial charge in [-0.05, 0) is 6.92 Å². The highest BCUT2D eigenvalue weighted by atomic mass is 16.5. The van der Waals surface area contributed by atoms with E-state index < -0.39 is 0 Å². The predicted octanol–water partition coefficient (Wildman–Crippen LogP) is 0.128. The van der Waals surface area contributed by atoms with Gasteiger partial charge in [0, 0.05) is 31.9 Å². The van der Waals surface area contributed by atoms with Gasteiger partial charge in [0.05, 0.1) is 19.3 Å². The highest BCUT2D eigenvalue weighted by molar-refractivity contribution is 5.78. The second-order valence-corrected chi connectivity index (χ2v) is 4.09. The van der Waals surface area contributed by atoms with E-state index in [-0.39, 0.29) is 6.10 Å². The summed E-state index contributed by atoms with van der Waals surface area (Å²) in [6.07, 6.45) is 3.84. The van der Waals surface area contributed by atoms with Crippen molar-refractivity contribution in [3.8, 4) is 0 Å². The molecule has 1 saturated heterocycles. The number of guanidine groups is 1. The molecule has 0 saturated carbocycles. The summed E-state index contributed by atoms with van der Waals surface area (Å²) in [5.41, 5.74) is 6.99. The molecule has 1 aromatic heterocycles. The molecule has 94 valence electrons. The molecule has 1 aliphatic rings. The van der Waals surface area contributed by atoms with Gasteiger partial charge in [-0.3, -0.25) is 9.67 Å². The number of ether oxygens (including phenoxy) is 1. The number of aromatic nitrogens is 2. The van der Waals surface area contributed by atoms with Gasteiger partial charge >= 0.3 is 0 Å². The van der Waals surface area contributed by atoms with Gasteiger partial charge in [0.1, 0.15) is 6.10 Å². The fraction of sp³-hybridized carbons (Fsp3) is 0.636. The van der Waals surface area contributed by atoms with E-state index in [0.29, 0.717) is 19.1 Å².